The molecule has 1 aliphatic heterocycles. The van der Waals surface area contributed by atoms with Gasteiger partial charge in [0.05, 0.1) is 35.9 Å². The fourth-order valence-corrected chi connectivity index (χ4v) is 4.85. The zero-order chi connectivity index (χ0) is 22.8. The third-order valence-corrected chi connectivity index (χ3v) is 6.69. The van der Waals surface area contributed by atoms with Crippen LogP contribution in [-0.2, 0) is 4.74 Å². The van der Waals surface area contributed by atoms with E-state index in [9.17, 15) is 9.59 Å². The lowest BCUT2D eigenvalue weighted by molar-refractivity contribution is 0.0390. The normalized spacial score (nSPS) is 14.6. The number of morpholine rings is 1. The van der Waals surface area contributed by atoms with Crippen molar-refractivity contribution in [1.29, 1.82) is 0 Å². The first kappa shape index (κ1) is 21.6. The Morgan fingerprint density at radius 2 is 2.00 bits per heavy atom. The number of benzene rings is 2. The summed E-state index contributed by atoms with van der Waals surface area (Å²) in [4.78, 5) is 34.7. The molecule has 9 heteroatoms. The second kappa shape index (κ2) is 9.30. The number of fused-ring (bicyclic) bond motifs is 2. The molecular weight excluding hydrogens is 442 g/mol. The minimum Gasteiger partial charge on any atom is -0.497 e. The minimum absolute atomic E-state index is 0.00230. The van der Waals surface area contributed by atoms with Crippen LogP contribution in [0.4, 0.5) is 5.13 Å². The lowest BCUT2D eigenvalue weighted by Gasteiger charge is -2.29. The Morgan fingerprint density at radius 1 is 1.18 bits per heavy atom. The number of anilines is 1. The largest absolute Gasteiger partial charge is 0.497 e. The summed E-state index contributed by atoms with van der Waals surface area (Å²) in [6.07, 6.45) is 0. The first-order valence-corrected chi connectivity index (χ1v) is 11.5. The number of amides is 1. The summed E-state index contributed by atoms with van der Waals surface area (Å²) in [6.45, 7) is 4.04. The minimum atomic E-state index is -0.392. The molecule has 8 nitrogen and oxygen atoms in total. The van der Waals surface area contributed by atoms with Gasteiger partial charge in [0, 0.05) is 32.2 Å². The standard InChI is InChI=1S/C24H23N3O5S/c1-30-16-6-7-18-22(14-16)33-24(25-18)27(9-8-26-10-12-31-13-11-26)23(29)21-15-19(28)17-4-2-3-5-20(17)32-21/h2-7,14-15H,8-13H2,1H3. The molecule has 1 fully saturated rings. The van der Waals surface area contributed by atoms with Crippen LogP contribution in [0.1, 0.15) is 10.6 Å². The van der Waals surface area contributed by atoms with E-state index in [1.807, 2.05) is 18.2 Å². The number of methoxy groups -OCH3 is 1. The van der Waals surface area contributed by atoms with Gasteiger partial charge in [-0.25, -0.2) is 4.98 Å². The summed E-state index contributed by atoms with van der Waals surface area (Å²) < 4.78 is 17.5. The average molecular weight is 466 g/mol. The first-order chi connectivity index (χ1) is 16.1. The topological polar surface area (TPSA) is 85.1 Å². The molecule has 1 aliphatic rings. The number of carbonyl (C=O) groups excluding carboxylic acids is 1. The maximum atomic E-state index is 13.6. The molecule has 4 aromatic rings. The Balaban J connectivity index is 1.51. The number of nitrogens with zero attached hydrogens (tertiary/aromatic N) is 3. The van der Waals surface area contributed by atoms with Crippen molar-refractivity contribution in [2.24, 2.45) is 0 Å². The van der Waals surface area contributed by atoms with E-state index in [2.05, 4.69) is 9.88 Å². The number of hydrogen-bond acceptors (Lipinski definition) is 8. The number of thiazole rings is 1. The Bertz CT molecular complexity index is 1360. The van der Waals surface area contributed by atoms with Crippen molar-refractivity contribution in [3.63, 3.8) is 0 Å². The van der Waals surface area contributed by atoms with Crippen LogP contribution in [-0.4, -0.2) is 62.3 Å². The molecule has 170 valence electrons. The van der Waals surface area contributed by atoms with Gasteiger partial charge in [-0.15, -0.1) is 0 Å². The summed E-state index contributed by atoms with van der Waals surface area (Å²) in [5.74, 6) is 0.332. The van der Waals surface area contributed by atoms with Gasteiger partial charge in [0.1, 0.15) is 11.3 Å². The lowest BCUT2D eigenvalue weighted by Crippen LogP contribution is -2.43. The number of para-hydroxylation sites is 1. The molecular formula is C24H23N3O5S. The maximum Gasteiger partial charge on any atom is 0.295 e. The number of aromatic nitrogens is 1. The average Bonchev–Trinajstić information content (AvgIpc) is 3.27. The maximum absolute atomic E-state index is 13.6. The second-order valence-electron chi connectivity index (χ2n) is 7.71. The van der Waals surface area contributed by atoms with Crippen molar-refractivity contribution < 1.29 is 18.7 Å². The van der Waals surface area contributed by atoms with Gasteiger partial charge in [-0.2, -0.15) is 0 Å². The van der Waals surface area contributed by atoms with E-state index in [0.717, 1.165) is 29.1 Å². The number of rotatable bonds is 6. The fourth-order valence-electron chi connectivity index (χ4n) is 3.83. The quantitative estimate of drug-likeness (QED) is 0.432. The molecule has 0 radical (unpaired) electrons. The summed E-state index contributed by atoms with van der Waals surface area (Å²) in [5.41, 5.74) is 0.915. The van der Waals surface area contributed by atoms with E-state index >= 15 is 0 Å². The highest BCUT2D eigenvalue weighted by Crippen LogP contribution is 2.32. The third kappa shape index (κ3) is 4.47. The van der Waals surface area contributed by atoms with Gasteiger partial charge in [-0.3, -0.25) is 19.4 Å². The highest BCUT2D eigenvalue weighted by Gasteiger charge is 2.25. The van der Waals surface area contributed by atoms with Crippen molar-refractivity contribution in [2.45, 2.75) is 0 Å². The van der Waals surface area contributed by atoms with Crippen LogP contribution in [0.2, 0.25) is 0 Å². The van der Waals surface area contributed by atoms with E-state index in [0.29, 0.717) is 42.4 Å². The molecule has 1 amide bonds. The van der Waals surface area contributed by atoms with E-state index in [4.69, 9.17) is 13.9 Å². The molecule has 33 heavy (non-hydrogen) atoms. The Morgan fingerprint density at radius 3 is 2.82 bits per heavy atom. The zero-order valence-electron chi connectivity index (χ0n) is 18.2. The first-order valence-electron chi connectivity index (χ1n) is 10.7. The molecule has 0 atom stereocenters. The third-order valence-electron chi connectivity index (χ3n) is 5.65. The fraction of sp³-hybridized carbons (Fsp3) is 0.292. The zero-order valence-corrected chi connectivity index (χ0v) is 19.0. The highest BCUT2D eigenvalue weighted by atomic mass is 32.1. The molecule has 2 aromatic heterocycles. The van der Waals surface area contributed by atoms with Crippen molar-refractivity contribution >= 4 is 43.6 Å². The predicted molar refractivity (Wildman–Crippen MR) is 128 cm³/mol. The van der Waals surface area contributed by atoms with Gasteiger partial charge in [-0.1, -0.05) is 23.5 Å². The molecule has 0 bridgehead atoms. The number of carbonyl (C=O) groups is 1. The van der Waals surface area contributed by atoms with Crippen molar-refractivity contribution in [3.8, 4) is 5.75 Å². The second-order valence-corrected chi connectivity index (χ2v) is 8.72. The molecule has 2 aromatic carbocycles. The monoisotopic (exact) mass is 465 g/mol. The Kier molecular flexibility index (Phi) is 6.08. The van der Waals surface area contributed by atoms with Gasteiger partial charge in [0.15, 0.2) is 16.3 Å². The Labute approximate surface area is 194 Å². The van der Waals surface area contributed by atoms with Crippen LogP contribution in [0.25, 0.3) is 21.2 Å². The van der Waals surface area contributed by atoms with Gasteiger partial charge < -0.3 is 13.9 Å². The molecule has 0 aliphatic carbocycles. The summed E-state index contributed by atoms with van der Waals surface area (Å²) in [6, 6.07) is 13.8. The van der Waals surface area contributed by atoms with Crippen LogP contribution in [0.5, 0.6) is 5.75 Å². The molecule has 0 N–H and O–H groups in total. The van der Waals surface area contributed by atoms with Gasteiger partial charge >= 0.3 is 0 Å². The SMILES string of the molecule is COc1ccc2nc(N(CCN3CCOCC3)C(=O)c3cc(=O)c4ccccc4o3)sc2c1. The van der Waals surface area contributed by atoms with Crippen LogP contribution in [0, 0.1) is 0 Å². The molecule has 3 heterocycles. The molecule has 0 spiro atoms. The number of ether oxygens (including phenoxy) is 2. The van der Waals surface area contributed by atoms with Crippen molar-refractivity contribution in [3.05, 3.63) is 64.5 Å². The molecule has 1 saturated heterocycles. The summed E-state index contributed by atoms with van der Waals surface area (Å²) in [5, 5.41) is 0.994. The van der Waals surface area contributed by atoms with E-state index in [1.54, 1.807) is 36.3 Å². The summed E-state index contributed by atoms with van der Waals surface area (Å²) in [7, 11) is 1.61. The molecule has 0 unspecified atom stereocenters. The highest BCUT2D eigenvalue weighted by molar-refractivity contribution is 7.22. The lowest BCUT2D eigenvalue weighted by atomic mass is 10.2. The van der Waals surface area contributed by atoms with Crippen LogP contribution in [0.15, 0.2) is 57.7 Å². The van der Waals surface area contributed by atoms with Crippen LogP contribution >= 0.6 is 11.3 Å². The predicted octanol–water partition coefficient (Wildman–Crippen LogP) is 3.39. The van der Waals surface area contributed by atoms with Gasteiger partial charge in [0.2, 0.25) is 0 Å². The van der Waals surface area contributed by atoms with E-state index in [-0.39, 0.29) is 11.2 Å². The van der Waals surface area contributed by atoms with Crippen molar-refractivity contribution in [2.75, 3.05) is 51.4 Å². The summed E-state index contributed by atoms with van der Waals surface area (Å²) >= 11 is 1.40. The molecule has 0 saturated carbocycles. The smallest absolute Gasteiger partial charge is 0.295 e. The van der Waals surface area contributed by atoms with Crippen LogP contribution in [0.3, 0.4) is 0 Å². The van der Waals surface area contributed by atoms with E-state index in [1.165, 1.54) is 17.4 Å². The number of hydrogen-bond donors (Lipinski definition) is 0. The Hall–Kier alpha value is -3.27. The molecule has 5 rings (SSSR count). The van der Waals surface area contributed by atoms with Gasteiger partial charge in [0.25, 0.3) is 5.91 Å². The van der Waals surface area contributed by atoms with Crippen molar-refractivity contribution in [1.82, 2.24) is 9.88 Å². The van der Waals surface area contributed by atoms with E-state index < -0.39 is 5.91 Å². The van der Waals surface area contributed by atoms with Gasteiger partial charge in [-0.05, 0) is 30.3 Å². The van der Waals surface area contributed by atoms with Crippen LogP contribution < -0.4 is 15.1 Å².